The van der Waals surface area contributed by atoms with Gasteiger partial charge in [-0.15, -0.1) is 0 Å². The molecular weight excluding hydrogens is 229 g/mol. The monoisotopic (exact) mass is 241 g/mol. The molecule has 0 atom stereocenters. The van der Waals surface area contributed by atoms with E-state index in [0.717, 1.165) is 28.7 Å². The Labute approximate surface area is 100 Å². The predicted octanol–water partition coefficient (Wildman–Crippen LogP) is 4.10. The number of nitrogens with zero attached hydrogens (tertiary/aromatic N) is 1. The van der Waals surface area contributed by atoms with Gasteiger partial charge in [-0.25, -0.2) is 0 Å². The fraction of sp³-hybridized carbons (Fsp3) is 0.333. The smallest absolute Gasteiger partial charge is 0.0456 e. The van der Waals surface area contributed by atoms with Crippen LogP contribution in [0, 0.1) is 0 Å². The van der Waals surface area contributed by atoms with Gasteiger partial charge in [0, 0.05) is 23.1 Å². The normalized spacial score (nSPS) is 15.7. The molecule has 0 aliphatic carbocycles. The zero-order valence-electron chi connectivity index (χ0n) is 8.42. The van der Waals surface area contributed by atoms with Gasteiger partial charge in [-0.05, 0) is 42.8 Å². The largest absolute Gasteiger partial charge is 0.373 e. The van der Waals surface area contributed by atoms with E-state index in [1.807, 2.05) is 18.2 Å². The minimum absolute atomic E-state index is 0.746. The van der Waals surface area contributed by atoms with Gasteiger partial charge in [-0.1, -0.05) is 29.3 Å². The summed E-state index contributed by atoms with van der Waals surface area (Å²) in [4.78, 5) is 2.26. The highest BCUT2D eigenvalue weighted by Crippen LogP contribution is 2.23. The first-order chi connectivity index (χ1) is 7.25. The summed E-state index contributed by atoms with van der Waals surface area (Å²) in [6.45, 7) is 1.94. The van der Waals surface area contributed by atoms with Crippen LogP contribution in [0.25, 0.3) is 0 Å². The van der Waals surface area contributed by atoms with E-state index < -0.39 is 0 Å². The number of halogens is 2. The molecule has 1 heterocycles. The Balaban J connectivity index is 2.12. The molecular formula is C12H13Cl2N. The van der Waals surface area contributed by atoms with Crippen LogP contribution in [0.3, 0.4) is 0 Å². The lowest BCUT2D eigenvalue weighted by molar-refractivity contribution is 0.348. The van der Waals surface area contributed by atoms with E-state index in [4.69, 9.17) is 23.2 Å². The third kappa shape index (κ3) is 2.90. The first-order valence-corrected chi connectivity index (χ1v) is 5.86. The summed E-state index contributed by atoms with van der Waals surface area (Å²) < 4.78 is 0. The van der Waals surface area contributed by atoms with Gasteiger partial charge in [0.15, 0.2) is 0 Å². The van der Waals surface area contributed by atoms with Crippen molar-refractivity contribution in [1.82, 2.24) is 4.90 Å². The van der Waals surface area contributed by atoms with Gasteiger partial charge >= 0.3 is 0 Å². The summed E-state index contributed by atoms with van der Waals surface area (Å²) in [7, 11) is 0. The summed E-state index contributed by atoms with van der Waals surface area (Å²) in [5.74, 6) is 0. The molecule has 1 aromatic carbocycles. The van der Waals surface area contributed by atoms with Crippen LogP contribution in [0.1, 0.15) is 18.4 Å². The van der Waals surface area contributed by atoms with Gasteiger partial charge in [0.25, 0.3) is 0 Å². The molecule has 0 amide bonds. The van der Waals surface area contributed by atoms with E-state index in [9.17, 15) is 0 Å². The standard InChI is InChI=1S/C12H13Cl2N/c13-11-4-5-12(14)10(8-11)9-15-6-2-1-3-7-15/h2,4-6,8H,1,3,7,9H2. The molecule has 0 fully saturated rings. The molecule has 0 radical (unpaired) electrons. The molecule has 0 saturated heterocycles. The highest BCUT2D eigenvalue weighted by molar-refractivity contribution is 6.33. The molecule has 0 bridgehead atoms. The van der Waals surface area contributed by atoms with Crippen LogP contribution >= 0.6 is 23.2 Å². The van der Waals surface area contributed by atoms with Crippen molar-refractivity contribution in [1.29, 1.82) is 0 Å². The zero-order chi connectivity index (χ0) is 10.7. The fourth-order valence-corrected chi connectivity index (χ4v) is 2.10. The molecule has 0 saturated carbocycles. The van der Waals surface area contributed by atoms with E-state index in [0.29, 0.717) is 0 Å². The predicted molar refractivity (Wildman–Crippen MR) is 65.2 cm³/mol. The number of hydrogen-bond donors (Lipinski definition) is 0. The minimum Gasteiger partial charge on any atom is -0.373 e. The molecule has 1 aliphatic heterocycles. The van der Waals surface area contributed by atoms with Crippen LogP contribution < -0.4 is 0 Å². The van der Waals surface area contributed by atoms with Crippen molar-refractivity contribution in [2.75, 3.05) is 6.54 Å². The van der Waals surface area contributed by atoms with Gasteiger partial charge < -0.3 is 4.90 Å². The van der Waals surface area contributed by atoms with E-state index in [-0.39, 0.29) is 0 Å². The Morgan fingerprint density at radius 2 is 2.13 bits per heavy atom. The molecule has 1 nitrogen and oxygen atoms in total. The second-order valence-electron chi connectivity index (χ2n) is 3.73. The summed E-state index contributed by atoms with van der Waals surface area (Å²) in [5.41, 5.74) is 1.09. The van der Waals surface area contributed by atoms with E-state index >= 15 is 0 Å². The second-order valence-corrected chi connectivity index (χ2v) is 4.58. The fourth-order valence-electron chi connectivity index (χ4n) is 1.73. The molecule has 0 spiro atoms. The van der Waals surface area contributed by atoms with E-state index in [1.165, 1.54) is 12.8 Å². The quantitative estimate of drug-likeness (QED) is 0.754. The Hall–Kier alpha value is -0.660. The third-order valence-corrected chi connectivity index (χ3v) is 3.12. The lowest BCUT2D eigenvalue weighted by Crippen LogP contribution is -2.20. The molecule has 1 aliphatic rings. The lowest BCUT2D eigenvalue weighted by Gasteiger charge is -2.23. The molecule has 0 unspecified atom stereocenters. The van der Waals surface area contributed by atoms with Crippen LogP contribution in [0.4, 0.5) is 0 Å². The van der Waals surface area contributed by atoms with Gasteiger partial charge in [-0.3, -0.25) is 0 Å². The number of rotatable bonds is 2. The van der Waals surface area contributed by atoms with Gasteiger partial charge in [0.05, 0.1) is 0 Å². The van der Waals surface area contributed by atoms with Crippen molar-refractivity contribution < 1.29 is 0 Å². The van der Waals surface area contributed by atoms with E-state index in [2.05, 4.69) is 17.2 Å². The summed E-state index contributed by atoms with van der Waals surface area (Å²) in [6.07, 6.45) is 6.73. The maximum atomic E-state index is 6.11. The number of benzene rings is 1. The lowest BCUT2D eigenvalue weighted by atomic mass is 10.1. The molecule has 1 aromatic rings. The summed E-state index contributed by atoms with van der Waals surface area (Å²) in [5, 5.41) is 1.54. The van der Waals surface area contributed by atoms with Crippen molar-refractivity contribution in [3.63, 3.8) is 0 Å². The van der Waals surface area contributed by atoms with Crippen LogP contribution in [-0.4, -0.2) is 11.4 Å². The molecule has 3 heteroatoms. The molecule has 0 aromatic heterocycles. The first-order valence-electron chi connectivity index (χ1n) is 5.10. The van der Waals surface area contributed by atoms with Crippen molar-refractivity contribution in [3.05, 3.63) is 46.1 Å². The Bertz CT molecular complexity index is 374. The minimum atomic E-state index is 0.746. The van der Waals surface area contributed by atoms with Crippen molar-refractivity contribution in [2.45, 2.75) is 19.4 Å². The maximum absolute atomic E-state index is 6.11. The summed E-state index contributed by atoms with van der Waals surface area (Å²) >= 11 is 12.0. The van der Waals surface area contributed by atoms with Crippen molar-refractivity contribution >= 4 is 23.2 Å². The topological polar surface area (TPSA) is 3.24 Å². The highest BCUT2D eigenvalue weighted by atomic mass is 35.5. The third-order valence-electron chi connectivity index (χ3n) is 2.51. The van der Waals surface area contributed by atoms with Gasteiger partial charge in [-0.2, -0.15) is 0 Å². The first kappa shape index (κ1) is 10.8. The highest BCUT2D eigenvalue weighted by Gasteiger charge is 2.07. The average Bonchev–Trinajstić information content (AvgIpc) is 2.25. The van der Waals surface area contributed by atoms with Gasteiger partial charge in [0.1, 0.15) is 0 Å². The average molecular weight is 242 g/mol. The number of hydrogen-bond acceptors (Lipinski definition) is 1. The Kier molecular flexibility index (Phi) is 3.55. The van der Waals surface area contributed by atoms with Crippen molar-refractivity contribution in [3.8, 4) is 0 Å². The van der Waals surface area contributed by atoms with Crippen LogP contribution in [-0.2, 0) is 6.54 Å². The maximum Gasteiger partial charge on any atom is 0.0456 e. The Morgan fingerprint density at radius 3 is 2.87 bits per heavy atom. The molecule has 15 heavy (non-hydrogen) atoms. The molecule has 2 rings (SSSR count). The van der Waals surface area contributed by atoms with Crippen LogP contribution in [0.2, 0.25) is 10.0 Å². The van der Waals surface area contributed by atoms with Gasteiger partial charge in [0.2, 0.25) is 0 Å². The number of allylic oxidation sites excluding steroid dienone is 1. The Morgan fingerprint density at radius 1 is 1.27 bits per heavy atom. The zero-order valence-corrected chi connectivity index (χ0v) is 9.93. The molecule has 0 N–H and O–H groups in total. The molecule has 80 valence electrons. The van der Waals surface area contributed by atoms with Crippen LogP contribution in [0.15, 0.2) is 30.5 Å². The second kappa shape index (κ2) is 4.91. The van der Waals surface area contributed by atoms with Crippen LogP contribution in [0.5, 0.6) is 0 Å². The van der Waals surface area contributed by atoms with Crippen molar-refractivity contribution in [2.24, 2.45) is 0 Å². The summed E-state index contributed by atoms with van der Waals surface area (Å²) in [6, 6.07) is 5.61. The SMILES string of the molecule is Clc1ccc(Cl)c(CN2C=CCCC2)c1. The van der Waals surface area contributed by atoms with E-state index in [1.54, 1.807) is 0 Å².